The van der Waals surface area contributed by atoms with E-state index < -0.39 is 10.9 Å². The summed E-state index contributed by atoms with van der Waals surface area (Å²) in [5.41, 5.74) is 0.223. The minimum absolute atomic E-state index is 0.0886. The molecule has 0 bridgehead atoms. The van der Waals surface area contributed by atoms with Crippen LogP contribution in [0.25, 0.3) is 6.08 Å². The normalized spacial score (nSPS) is 22.3. The Bertz CT molecular complexity index is 744. The Morgan fingerprint density at radius 3 is 2.74 bits per heavy atom. The minimum Gasteiger partial charge on any atom is -0.452 e. The van der Waals surface area contributed by atoms with Crippen LogP contribution in [0.4, 0.5) is 5.69 Å². The van der Waals surface area contributed by atoms with E-state index in [1.54, 1.807) is 18.2 Å². The molecule has 1 saturated carbocycles. The van der Waals surface area contributed by atoms with Gasteiger partial charge in [0.25, 0.3) is 11.6 Å². The van der Waals surface area contributed by atoms with Crippen molar-refractivity contribution in [2.45, 2.75) is 44.6 Å². The predicted molar refractivity (Wildman–Crippen MR) is 99.8 cm³/mol. The predicted octanol–water partition coefficient (Wildman–Crippen LogP) is 3.33. The lowest BCUT2D eigenvalue weighted by atomic mass is 9.78. The molecule has 2 atom stereocenters. The molecule has 7 heteroatoms. The first-order chi connectivity index (χ1) is 13.1. The molecule has 144 valence electrons. The topological polar surface area (TPSA) is 89.7 Å². The lowest BCUT2D eigenvalue weighted by molar-refractivity contribution is -0.385. The Morgan fingerprint density at radius 1 is 1.19 bits per heavy atom. The van der Waals surface area contributed by atoms with Crippen molar-refractivity contribution in [3.8, 4) is 0 Å². The van der Waals surface area contributed by atoms with Gasteiger partial charge in [-0.15, -0.1) is 0 Å². The van der Waals surface area contributed by atoms with Crippen molar-refractivity contribution in [3.05, 3.63) is 46.0 Å². The van der Waals surface area contributed by atoms with E-state index in [4.69, 9.17) is 4.74 Å². The molecule has 2 aliphatic rings. The molecule has 1 aromatic rings. The van der Waals surface area contributed by atoms with Crippen LogP contribution in [0.3, 0.4) is 0 Å². The summed E-state index contributed by atoms with van der Waals surface area (Å²) >= 11 is 0. The number of amides is 1. The van der Waals surface area contributed by atoms with Gasteiger partial charge in [-0.2, -0.15) is 0 Å². The first-order valence-corrected chi connectivity index (χ1v) is 9.44. The Hall–Kier alpha value is -2.70. The highest BCUT2D eigenvalue weighted by molar-refractivity contribution is 5.90. The van der Waals surface area contributed by atoms with Gasteiger partial charge in [-0.25, -0.2) is 4.79 Å². The molecule has 2 fully saturated rings. The fraction of sp³-hybridized carbons (Fsp3) is 0.500. The Labute approximate surface area is 158 Å². The van der Waals surface area contributed by atoms with Crippen molar-refractivity contribution < 1.29 is 19.2 Å². The lowest BCUT2D eigenvalue weighted by Gasteiger charge is -2.44. The molecule has 1 amide bonds. The Morgan fingerprint density at radius 2 is 1.93 bits per heavy atom. The summed E-state index contributed by atoms with van der Waals surface area (Å²) in [6.45, 7) is 0.437. The number of hydrogen-bond acceptors (Lipinski definition) is 5. The average Bonchev–Trinajstić information content (AvgIpc) is 2.70. The van der Waals surface area contributed by atoms with Gasteiger partial charge in [0.1, 0.15) is 0 Å². The largest absolute Gasteiger partial charge is 0.452 e. The average molecular weight is 372 g/mol. The molecule has 0 N–H and O–H groups in total. The summed E-state index contributed by atoms with van der Waals surface area (Å²) in [6, 6.07) is 6.40. The van der Waals surface area contributed by atoms with Crippen molar-refractivity contribution >= 4 is 23.6 Å². The molecule has 1 heterocycles. The van der Waals surface area contributed by atoms with Crippen LogP contribution in [0, 0.1) is 16.0 Å². The van der Waals surface area contributed by atoms with Gasteiger partial charge >= 0.3 is 5.97 Å². The number of para-hydroxylation sites is 1. The van der Waals surface area contributed by atoms with E-state index in [0.29, 0.717) is 11.5 Å². The van der Waals surface area contributed by atoms with Crippen molar-refractivity contribution in [1.29, 1.82) is 0 Å². The molecule has 7 nitrogen and oxygen atoms in total. The van der Waals surface area contributed by atoms with E-state index in [-0.39, 0.29) is 24.2 Å². The second-order valence-electron chi connectivity index (χ2n) is 7.10. The van der Waals surface area contributed by atoms with Crippen LogP contribution in [0.1, 0.15) is 44.1 Å². The number of ether oxygens (including phenoxy) is 1. The van der Waals surface area contributed by atoms with Crippen LogP contribution < -0.4 is 0 Å². The van der Waals surface area contributed by atoms with Gasteiger partial charge in [-0.1, -0.05) is 25.0 Å². The monoisotopic (exact) mass is 372 g/mol. The Balaban J connectivity index is 1.54. The number of hydrogen-bond donors (Lipinski definition) is 0. The number of nitro benzene ring substituents is 1. The first-order valence-electron chi connectivity index (χ1n) is 9.44. The van der Waals surface area contributed by atoms with Crippen LogP contribution in [0.15, 0.2) is 30.3 Å². The SMILES string of the molecule is O=C(/C=C/c1ccccc1[N+](=O)[O-])OCC(=O)N1CCC[C@H]2CCCC[C@@H]21. The van der Waals surface area contributed by atoms with E-state index in [1.807, 2.05) is 4.90 Å². The van der Waals surface area contributed by atoms with Crippen LogP contribution >= 0.6 is 0 Å². The molecule has 1 aromatic carbocycles. The second kappa shape index (κ2) is 8.79. The van der Waals surface area contributed by atoms with Gasteiger partial charge in [0, 0.05) is 24.7 Å². The molecule has 0 spiro atoms. The van der Waals surface area contributed by atoms with Crippen molar-refractivity contribution in [2.24, 2.45) is 5.92 Å². The number of nitro groups is 1. The van der Waals surface area contributed by atoms with Crippen molar-refractivity contribution in [3.63, 3.8) is 0 Å². The fourth-order valence-electron chi connectivity index (χ4n) is 4.15. The van der Waals surface area contributed by atoms with Crippen LogP contribution in [-0.4, -0.2) is 40.9 Å². The smallest absolute Gasteiger partial charge is 0.331 e. The van der Waals surface area contributed by atoms with Gasteiger partial charge in [-0.3, -0.25) is 14.9 Å². The van der Waals surface area contributed by atoms with Crippen molar-refractivity contribution in [1.82, 2.24) is 4.90 Å². The third-order valence-electron chi connectivity index (χ3n) is 5.43. The summed E-state index contributed by atoms with van der Waals surface area (Å²) < 4.78 is 5.07. The number of nitrogens with zero attached hydrogens (tertiary/aromatic N) is 2. The third-order valence-corrected chi connectivity index (χ3v) is 5.43. The maximum atomic E-state index is 12.5. The van der Waals surface area contributed by atoms with E-state index in [0.717, 1.165) is 31.9 Å². The number of piperidine rings is 1. The van der Waals surface area contributed by atoms with Gasteiger partial charge in [-0.05, 0) is 43.7 Å². The Kier molecular flexibility index (Phi) is 6.21. The van der Waals surface area contributed by atoms with E-state index in [2.05, 4.69) is 0 Å². The second-order valence-corrected chi connectivity index (χ2v) is 7.10. The lowest BCUT2D eigenvalue weighted by Crippen LogP contribution is -2.50. The molecular formula is C20H24N2O5. The molecule has 1 aliphatic carbocycles. The maximum absolute atomic E-state index is 12.5. The molecule has 0 radical (unpaired) electrons. The molecular weight excluding hydrogens is 348 g/mol. The fourth-order valence-corrected chi connectivity index (χ4v) is 4.15. The summed E-state index contributed by atoms with van der Waals surface area (Å²) in [4.78, 5) is 36.8. The zero-order chi connectivity index (χ0) is 19.2. The highest BCUT2D eigenvalue weighted by atomic mass is 16.6. The van der Waals surface area contributed by atoms with E-state index in [9.17, 15) is 19.7 Å². The number of esters is 1. The van der Waals surface area contributed by atoms with E-state index in [1.165, 1.54) is 31.4 Å². The maximum Gasteiger partial charge on any atom is 0.331 e. The van der Waals surface area contributed by atoms with Gasteiger partial charge in [0.15, 0.2) is 6.61 Å². The van der Waals surface area contributed by atoms with E-state index >= 15 is 0 Å². The highest BCUT2D eigenvalue weighted by Gasteiger charge is 2.35. The number of likely N-dealkylation sites (tertiary alicyclic amines) is 1. The molecule has 27 heavy (non-hydrogen) atoms. The molecule has 1 aliphatic heterocycles. The molecule has 0 unspecified atom stereocenters. The van der Waals surface area contributed by atoms with Crippen LogP contribution in [0.5, 0.6) is 0 Å². The zero-order valence-corrected chi connectivity index (χ0v) is 15.2. The summed E-state index contributed by atoms with van der Waals surface area (Å²) in [5.74, 6) is -0.261. The van der Waals surface area contributed by atoms with Crippen LogP contribution in [0.2, 0.25) is 0 Å². The minimum atomic E-state index is -0.682. The van der Waals surface area contributed by atoms with Gasteiger partial charge < -0.3 is 9.64 Å². The van der Waals surface area contributed by atoms with Gasteiger partial charge in [0.05, 0.1) is 10.5 Å². The third kappa shape index (κ3) is 4.72. The zero-order valence-electron chi connectivity index (χ0n) is 15.2. The summed E-state index contributed by atoms with van der Waals surface area (Å²) in [6.07, 6.45) is 9.20. The summed E-state index contributed by atoms with van der Waals surface area (Å²) in [5, 5.41) is 11.0. The van der Waals surface area contributed by atoms with Gasteiger partial charge in [0.2, 0.25) is 0 Å². The number of carbonyl (C=O) groups excluding carboxylic acids is 2. The molecule has 3 rings (SSSR count). The molecule has 1 saturated heterocycles. The molecule has 0 aromatic heterocycles. The standard InChI is InChI=1S/C20H24N2O5/c23-19(21-13-5-8-15-6-1-3-9-17(15)21)14-27-20(24)12-11-16-7-2-4-10-18(16)22(25)26/h2,4,7,10-12,15,17H,1,3,5-6,8-9,13-14H2/b12-11+/t15-,17+/m1/s1. The highest BCUT2D eigenvalue weighted by Crippen LogP contribution is 2.35. The van der Waals surface area contributed by atoms with Crippen LogP contribution in [-0.2, 0) is 14.3 Å². The number of fused-ring (bicyclic) bond motifs is 1. The van der Waals surface area contributed by atoms with Crippen molar-refractivity contribution in [2.75, 3.05) is 13.2 Å². The number of carbonyl (C=O) groups is 2. The number of benzene rings is 1. The summed E-state index contributed by atoms with van der Waals surface area (Å²) in [7, 11) is 0. The first kappa shape index (κ1) is 19.1. The quantitative estimate of drug-likeness (QED) is 0.342. The number of rotatable bonds is 5.